The molecule has 0 saturated heterocycles. The summed E-state index contributed by atoms with van der Waals surface area (Å²) in [4.78, 5) is 18.8. The number of rotatable bonds is 7. The van der Waals surface area contributed by atoms with Crippen molar-refractivity contribution in [2.75, 3.05) is 0 Å². The van der Waals surface area contributed by atoms with E-state index in [-0.39, 0.29) is 23.2 Å². The van der Waals surface area contributed by atoms with Gasteiger partial charge >= 0.3 is 0 Å². The van der Waals surface area contributed by atoms with Gasteiger partial charge in [0.05, 0.1) is 5.25 Å². The number of aromatic nitrogens is 4. The lowest BCUT2D eigenvalue weighted by atomic mass is 10.2. The number of nitrogens with zero attached hydrogens (tertiary/aromatic N) is 5. The fraction of sp³-hybridized carbons (Fsp3) is 0.556. The van der Waals surface area contributed by atoms with E-state index in [1.54, 1.807) is 12.4 Å². The summed E-state index contributed by atoms with van der Waals surface area (Å²) >= 11 is 1.46. The van der Waals surface area contributed by atoms with Crippen molar-refractivity contribution in [2.45, 2.75) is 70.6 Å². The van der Waals surface area contributed by atoms with Gasteiger partial charge in [-0.15, -0.1) is 10.2 Å². The number of hydrogen-bond donors (Lipinski definition) is 0. The van der Waals surface area contributed by atoms with Crippen molar-refractivity contribution in [2.24, 2.45) is 0 Å². The molecule has 7 heteroatoms. The summed E-state index contributed by atoms with van der Waals surface area (Å²) in [5.74, 6) is 0.933. The number of amides is 1. The third kappa shape index (κ3) is 4.39. The maximum absolute atomic E-state index is 12.8. The first-order valence-corrected chi connectivity index (χ1v) is 9.57. The van der Waals surface area contributed by atoms with Crippen LogP contribution in [0.25, 0.3) is 11.4 Å². The minimum absolute atomic E-state index is 0.131. The molecule has 0 aromatic carbocycles. The molecule has 0 bridgehead atoms. The molecular weight excluding hydrogens is 334 g/mol. The van der Waals surface area contributed by atoms with Gasteiger partial charge < -0.3 is 9.47 Å². The van der Waals surface area contributed by atoms with E-state index in [1.165, 1.54) is 11.8 Å². The van der Waals surface area contributed by atoms with E-state index in [2.05, 4.69) is 22.1 Å². The van der Waals surface area contributed by atoms with Gasteiger partial charge in [0.1, 0.15) is 0 Å². The lowest BCUT2D eigenvalue weighted by Crippen LogP contribution is -2.45. The first-order valence-electron chi connectivity index (χ1n) is 8.69. The van der Waals surface area contributed by atoms with Crippen molar-refractivity contribution in [3.8, 4) is 11.4 Å². The van der Waals surface area contributed by atoms with Crippen molar-refractivity contribution in [3.05, 3.63) is 24.5 Å². The van der Waals surface area contributed by atoms with Crippen molar-refractivity contribution >= 4 is 17.7 Å². The van der Waals surface area contributed by atoms with E-state index in [0.29, 0.717) is 0 Å². The van der Waals surface area contributed by atoms with Crippen molar-refractivity contribution < 1.29 is 4.79 Å². The number of thioether (sulfide) groups is 1. The molecule has 0 spiro atoms. The van der Waals surface area contributed by atoms with Crippen LogP contribution in [0.2, 0.25) is 0 Å². The highest BCUT2D eigenvalue weighted by Crippen LogP contribution is 2.28. The number of hydrogen-bond acceptors (Lipinski definition) is 5. The quantitative estimate of drug-likeness (QED) is 0.707. The van der Waals surface area contributed by atoms with Gasteiger partial charge in [0, 0.05) is 36.6 Å². The predicted molar refractivity (Wildman–Crippen MR) is 101 cm³/mol. The Labute approximate surface area is 154 Å². The molecule has 0 N–H and O–H groups in total. The third-order valence-electron chi connectivity index (χ3n) is 3.97. The summed E-state index contributed by atoms with van der Waals surface area (Å²) in [5, 5.41) is 9.19. The van der Waals surface area contributed by atoms with Gasteiger partial charge in [0.2, 0.25) is 5.91 Å². The molecule has 0 aliphatic rings. The Hall–Kier alpha value is -1.89. The third-order valence-corrected chi connectivity index (χ3v) is 5.04. The lowest BCUT2D eigenvalue weighted by Gasteiger charge is -2.32. The average molecular weight is 362 g/mol. The first-order chi connectivity index (χ1) is 11.9. The monoisotopic (exact) mass is 361 g/mol. The molecule has 25 heavy (non-hydrogen) atoms. The molecule has 2 aromatic rings. The molecule has 1 unspecified atom stereocenters. The van der Waals surface area contributed by atoms with Gasteiger partial charge in [-0.25, -0.2) is 0 Å². The summed E-state index contributed by atoms with van der Waals surface area (Å²) in [5.41, 5.74) is 0.973. The molecule has 2 heterocycles. The van der Waals surface area contributed by atoms with Gasteiger partial charge in [0.15, 0.2) is 11.0 Å². The normalized spacial score (nSPS) is 12.6. The van der Waals surface area contributed by atoms with E-state index in [0.717, 1.165) is 23.1 Å². The Morgan fingerprint density at radius 2 is 1.72 bits per heavy atom. The van der Waals surface area contributed by atoms with Crippen molar-refractivity contribution in [3.63, 3.8) is 0 Å². The molecule has 6 nitrogen and oxygen atoms in total. The molecule has 0 fully saturated rings. The Bertz CT molecular complexity index is 691. The van der Waals surface area contributed by atoms with E-state index in [4.69, 9.17) is 0 Å². The molecular formula is C18H27N5OS. The summed E-state index contributed by atoms with van der Waals surface area (Å²) < 4.78 is 2.04. The molecule has 2 rings (SSSR count). The SMILES string of the molecule is CCn1c(SC(C)C(=O)N(C(C)C)C(C)C)nnc1-c1ccncc1. The summed E-state index contributed by atoms with van der Waals surface area (Å²) in [6.45, 7) is 12.9. The van der Waals surface area contributed by atoms with Gasteiger partial charge in [0.25, 0.3) is 0 Å². The zero-order chi connectivity index (χ0) is 18.6. The maximum Gasteiger partial charge on any atom is 0.236 e. The van der Waals surface area contributed by atoms with Crippen LogP contribution in [0.5, 0.6) is 0 Å². The molecule has 0 saturated carbocycles. The molecule has 1 amide bonds. The van der Waals surface area contributed by atoms with Crippen molar-refractivity contribution in [1.82, 2.24) is 24.6 Å². The standard InChI is InChI=1S/C18H27N5OS/c1-7-22-16(15-8-10-19-11-9-15)20-21-18(22)25-14(6)17(24)23(12(2)3)13(4)5/h8-14H,7H2,1-6H3. The van der Waals surface area contributed by atoms with Crippen LogP contribution in [0.15, 0.2) is 29.7 Å². The predicted octanol–water partition coefficient (Wildman–Crippen LogP) is 3.49. The van der Waals surface area contributed by atoms with E-state index >= 15 is 0 Å². The highest BCUT2D eigenvalue weighted by atomic mass is 32.2. The Morgan fingerprint density at radius 3 is 2.24 bits per heavy atom. The molecule has 0 aliphatic carbocycles. The Balaban J connectivity index is 2.23. The van der Waals surface area contributed by atoms with E-state index in [9.17, 15) is 4.79 Å². The summed E-state index contributed by atoms with van der Waals surface area (Å²) in [7, 11) is 0. The maximum atomic E-state index is 12.8. The van der Waals surface area contributed by atoms with Gasteiger partial charge in [-0.2, -0.15) is 0 Å². The smallest absolute Gasteiger partial charge is 0.236 e. The van der Waals surface area contributed by atoms with Crippen LogP contribution in [-0.4, -0.2) is 47.9 Å². The van der Waals surface area contributed by atoms with Gasteiger partial charge in [-0.1, -0.05) is 11.8 Å². The Morgan fingerprint density at radius 1 is 1.12 bits per heavy atom. The fourth-order valence-corrected chi connectivity index (χ4v) is 3.87. The number of carbonyl (C=O) groups is 1. The minimum atomic E-state index is -0.218. The van der Waals surface area contributed by atoms with Crippen LogP contribution in [-0.2, 0) is 11.3 Å². The highest BCUT2D eigenvalue weighted by molar-refractivity contribution is 8.00. The zero-order valence-electron chi connectivity index (χ0n) is 15.8. The molecule has 2 aromatic heterocycles. The van der Waals surface area contributed by atoms with Crippen LogP contribution in [0.3, 0.4) is 0 Å². The lowest BCUT2D eigenvalue weighted by molar-refractivity contribution is -0.133. The second-order valence-corrected chi connectivity index (χ2v) is 7.79. The summed E-state index contributed by atoms with van der Waals surface area (Å²) in [6.07, 6.45) is 3.48. The fourth-order valence-electron chi connectivity index (χ4n) is 2.90. The average Bonchev–Trinajstić information content (AvgIpc) is 2.97. The largest absolute Gasteiger partial charge is 0.337 e. The van der Waals surface area contributed by atoms with Crippen LogP contribution < -0.4 is 0 Å². The second-order valence-electron chi connectivity index (χ2n) is 6.48. The van der Waals surface area contributed by atoms with E-state index in [1.807, 2.05) is 56.2 Å². The number of pyridine rings is 1. The van der Waals surface area contributed by atoms with Crippen LogP contribution in [0, 0.1) is 0 Å². The molecule has 1 atom stereocenters. The number of carbonyl (C=O) groups excluding carboxylic acids is 1. The zero-order valence-corrected chi connectivity index (χ0v) is 16.6. The summed E-state index contributed by atoms with van der Waals surface area (Å²) in [6, 6.07) is 4.18. The second kappa shape index (κ2) is 8.47. The van der Waals surface area contributed by atoms with Gasteiger partial charge in [-0.3, -0.25) is 9.78 Å². The topological polar surface area (TPSA) is 63.9 Å². The minimum Gasteiger partial charge on any atom is -0.337 e. The molecule has 136 valence electrons. The van der Waals surface area contributed by atoms with E-state index < -0.39 is 0 Å². The van der Waals surface area contributed by atoms with Gasteiger partial charge in [-0.05, 0) is 53.7 Å². The van der Waals surface area contributed by atoms with Crippen LogP contribution in [0.4, 0.5) is 0 Å². The first kappa shape index (κ1) is 19.4. The van der Waals surface area contributed by atoms with Crippen molar-refractivity contribution in [1.29, 1.82) is 0 Å². The van der Waals surface area contributed by atoms with Crippen LogP contribution >= 0.6 is 11.8 Å². The highest BCUT2D eigenvalue weighted by Gasteiger charge is 2.27. The molecule has 0 radical (unpaired) electrons. The molecule has 0 aliphatic heterocycles. The Kier molecular flexibility index (Phi) is 6.58. The van der Waals surface area contributed by atoms with Crippen LogP contribution in [0.1, 0.15) is 41.5 Å².